The van der Waals surface area contributed by atoms with E-state index in [0.717, 1.165) is 0 Å². The number of carbonyl (C=O) groups is 2. The zero-order valence-corrected chi connectivity index (χ0v) is 9.80. The van der Waals surface area contributed by atoms with Gasteiger partial charge >= 0.3 is 5.97 Å². The van der Waals surface area contributed by atoms with Crippen molar-refractivity contribution in [1.29, 1.82) is 0 Å². The van der Waals surface area contributed by atoms with E-state index in [1.54, 1.807) is 25.1 Å². The number of hydrogen-bond acceptors (Lipinski definition) is 4. The first-order valence-electron chi connectivity index (χ1n) is 5.56. The molecule has 0 aromatic heterocycles. The summed E-state index contributed by atoms with van der Waals surface area (Å²) >= 11 is 0. The van der Waals surface area contributed by atoms with E-state index in [-0.39, 0.29) is 12.5 Å². The minimum atomic E-state index is -1.02. The molecule has 0 radical (unpaired) electrons. The van der Waals surface area contributed by atoms with Crippen molar-refractivity contribution in [2.24, 2.45) is 0 Å². The molecule has 0 spiro atoms. The van der Waals surface area contributed by atoms with Crippen LogP contribution in [0.25, 0.3) is 0 Å². The van der Waals surface area contributed by atoms with Crippen LogP contribution >= 0.6 is 0 Å². The number of carbonyl (C=O) groups excluding carboxylic acids is 1. The first kappa shape index (κ1) is 12.2. The van der Waals surface area contributed by atoms with E-state index in [9.17, 15) is 9.59 Å². The van der Waals surface area contributed by atoms with E-state index in [0.29, 0.717) is 23.6 Å². The third-order valence-corrected chi connectivity index (χ3v) is 2.51. The van der Waals surface area contributed by atoms with Crippen molar-refractivity contribution < 1.29 is 24.2 Å². The van der Waals surface area contributed by atoms with E-state index in [1.807, 2.05) is 0 Å². The van der Waals surface area contributed by atoms with Gasteiger partial charge in [-0.15, -0.1) is 0 Å². The number of ether oxygens (including phenoxy) is 2. The highest BCUT2D eigenvalue weighted by molar-refractivity contribution is 5.95. The zero-order valence-electron chi connectivity index (χ0n) is 9.80. The summed E-state index contributed by atoms with van der Waals surface area (Å²) in [4.78, 5) is 22.0. The Morgan fingerprint density at radius 2 is 2.39 bits per heavy atom. The van der Waals surface area contributed by atoms with Crippen LogP contribution in [-0.2, 0) is 9.59 Å². The molecule has 18 heavy (non-hydrogen) atoms. The quantitative estimate of drug-likeness (QED) is 0.841. The predicted octanol–water partition coefficient (Wildman–Crippen LogP) is 1.26. The van der Waals surface area contributed by atoms with Crippen LogP contribution in [0.15, 0.2) is 18.2 Å². The normalized spacial score (nSPS) is 15.1. The average molecular weight is 251 g/mol. The third kappa shape index (κ3) is 2.53. The van der Waals surface area contributed by atoms with Crippen LogP contribution in [0.1, 0.15) is 13.3 Å². The van der Waals surface area contributed by atoms with Gasteiger partial charge in [0.25, 0.3) is 5.91 Å². The Morgan fingerprint density at radius 1 is 1.61 bits per heavy atom. The summed E-state index contributed by atoms with van der Waals surface area (Å²) < 4.78 is 10.5. The summed E-state index contributed by atoms with van der Waals surface area (Å²) in [6.07, 6.45) is -0.543. The fourth-order valence-electron chi connectivity index (χ4n) is 1.61. The highest BCUT2D eigenvalue weighted by Gasteiger charge is 2.20. The fraction of sp³-hybridized carbons (Fsp3) is 0.333. The second-order valence-electron chi connectivity index (χ2n) is 3.85. The maximum atomic E-state index is 11.2. The number of anilines is 1. The van der Waals surface area contributed by atoms with Crippen LogP contribution in [0.2, 0.25) is 0 Å². The van der Waals surface area contributed by atoms with Crippen LogP contribution in [0.4, 0.5) is 5.69 Å². The first-order valence-corrected chi connectivity index (χ1v) is 5.56. The molecule has 0 saturated carbocycles. The standard InChI is InChI=1S/C12H13NO5/c1-2-9(12(15)16)18-7-3-4-10-8(5-7)13-11(14)6-17-10/h3-5,9H,2,6H2,1H3,(H,13,14)(H,15,16). The maximum absolute atomic E-state index is 11.2. The minimum Gasteiger partial charge on any atom is -0.482 e. The van der Waals surface area contributed by atoms with Crippen molar-refractivity contribution in [2.75, 3.05) is 11.9 Å². The summed E-state index contributed by atoms with van der Waals surface area (Å²) in [6, 6.07) is 4.80. The van der Waals surface area contributed by atoms with Gasteiger partial charge < -0.3 is 19.9 Å². The van der Waals surface area contributed by atoms with Crippen molar-refractivity contribution in [3.05, 3.63) is 18.2 Å². The van der Waals surface area contributed by atoms with Gasteiger partial charge in [0.2, 0.25) is 0 Å². The lowest BCUT2D eigenvalue weighted by molar-refractivity contribution is -0.145. The lowest BCUT2D eigenvalue weighted by Crippen LogP contribution is -2.27. The van der Waals surface area contributed by atoms with Gasteiger partial charge in [0.15, 0.2) is 12.7 Å². The van der Waals surface area contributed by atoms with Gasteiger partial charge in [-0.25, -0.2) is 4.79 Å². The Bertz CT molecular complexity index is 485. The van der Waals surface area contributed by atoms with Crippen LogP contribution < -0.4 is 14.8 Å². The van der Waals surface area contributed by atoms with Crippen LogP contribution in [0.3, 0.4) is 0 Å². The average Bonchev–Trinajstić information content (AvgIpc) is 2.35. The molecule has 96 valence electrons. The molecule has 1 aliphatic heterocycles. The Labute approximate surface area is 104 Å². The minimum absolute atomic E-state index is 0.0140. The molecule has 2 rings (SSSR count). The van der Waals surface area contributed by atoms with Crippen molar-refractivity contribution in [1.82, 2.24) is 0 Å². The summed E-state index contributed by atoms with van der Waals surface area (Å²) in [6.45, 7) is 1.71. The Morgan fingerprint density at radius 3 is 3.06 bits per heavy atom. The predicted molar refractivity (Wildman–Crippen MR) is 62.9 cm³/mol. The topological polar surface area (TPSA) is 84.9 Å². The number of hydrogen-bond donors (Lipinski definition) is 2. The number of benzene rings is 1. The van der Waals surface area contributed by atoms with E-state index >= 15 is 0 Å². The van der Waals surface area contributed by atoms with Gasteiger partial charge in [-0.3, -0.25) is 4.79 Å². The van der Waals surface area contributed by atoms with Crippen molar-refractivity contribution in [3.63, 3.8) is 0 Å². The van der Waals surface area contributed by atoms with Crippen molar-refractivity contribution in [3.8, 4) is 11.5 Å². The molecule has 1 atom stereocenters. The Hall–Kier alpha value is -2.24. The highest BCUT2D eigenvalue weighted by Crippen LogP contribution is 2.31. The second-order valence-corrected chi connectivity index (χ2v) is 3.85. The molecule has 1 aromatic carbocycles. The van der Waals surface area contributed by atoms with E-state index < -0.39 is 12.1 Å². The van der Waals surface area contributed by atoms with E-state index in [1.165, 1.54) is 0 Å². The number of nitrogens with one attached hydrogen (secondary N) is 1. The molecule has 0 aliphatic carbocycles. The molecule has 1 amide bonds. The molecule has 1 aromatic rings. The first-order chi connectivity index (χ1) is 8.60. The Balaban J connectivity index is 2.18. The van der Waals surface area contributed by atoms with E-state index in [2.05, 4.69) is 5.32 Å². The van der Waals surface area contributed by atoms with Gasteiger partial charge in [-0.2, -0.15) is 0 Å². The Kier molecular flexibility index (Phi) is 3.36. The van der Waals surface area contributed by atoms with Crippen LogP contribution in [-0.4, -0.2) is 29.7 Å². The molecule has 6 nitrogen and oxygen atoms in total. The molecular weight excluding hydrogens is 238 g/mol. The third-order valence-electron chi connectivity index (χ3n) is 2.51. The molecular formula is C12H13NO5. The van der Waals surface area contributed by atoms with Gasteiger partial charge in [0, 0.05) is 6.07 Å². The van der Waals surface area contributed by atoms with Gasteiger partial charge in [-0.05, 0) is 18.6 Å². The molecule has 0 fully saturated rings. The largest absolute Gasteiger partial charge is 0.482 e. The number of rotatable bonds is 4. The lowest BCUT2D eigenvalue weighted by Gasteiger charge is -2.19. The molecule has 1 heterocycles. The summed E-state index contributed by atoms with van der Waals surface area (Å²) in [5, 5.41) is 11.5. The van der Waals surface area contributed by atoms with E-state index in [4.69, 9.17) is 14.6 Å². The number of amides is 1. The summed E-state index contributed by atoms with van der Waals surface area (Å²) in [7, 11) is 0. The summed E-state index contributed by atoms with van der Waals surface area (Å²) in [5.74, 6) is -0.334. The van der Waals surface area contributed by atoms with Gasteiger partial charge in [0.05, 0.1) is 5.69 Å². The van der Waals surface area contributed by atoms with Crippen molar-refractivity contribution in [2.45, 2.75) is 19.4 Å². The van der Waals surface area contributed by atoms with Crippen LogP contribution in [0, 0.1) is 0 Å². The molecule has 6 heteroatoms. The van der Waals surface area contributed by atoms with Crippen molar-refractivity contribution >= 4 is 17.6 Å². The molecule has 0 bridgehead atoms. The molecule has 2 N–H and O–H groups in total. The lowest BCUT2D eigenvalue weighted by atomic mass is 10.2. The smallest absolute Gasteiger partial charge is 0.344 e. The fourth-order valence-corrected chi connectivity index (χ4v) is 1.61. The number of fused-ring (bicyclic) bond motifs is 1. The SMILES string of the molecule is CCC(Oc1ccc2c(c1)NC(=O)CO2)C(=O)O. The second kappa shape index (κ2) is 4.95. The monoisotopic (exact) mass is 251 g/mol. The summed E-state index contributed by atoms with van der Waals surface area (Å²) in [5.41, 5.74) is 0.490. The molecule has 1 unspecified atom stereocenters. The highest BCUT2D eigenvalue weighted by atomic mass is 16.5. The maximum Gasteiger partial charge on any atom is 0.344 e. The number of carboxylic acid groups (broad SMARTS) is 1. The molecule has 0 saturated heterocycles. The number of carboxylic acids is 1. The zero-order chi connectivity index (χ0) is 13.1. The number of aliphatic carboxylic acids is 1. The molecule has 1 aliphatic rings. The van der Waals surface area contributed by atoms with Gasteiger partial charge in [-0.1, -0.05) is 6.92 Å². The van der Waals surface area contributed by atoms with Gasteiger partial charge in [0.1, 0.15) is 11.5 Å². The van der Waals surface area contributed by atoms with Crippen LogP contribution in [0.5, 0.6) is 11.5 Å².